The van der Waals surface area contributed by atoms with Crippen molar-refractivity contribution in [3.63, 3.8) is 0 Å². The number of hydrogen-bond acceptors (Lipinski definition) is 4. The quantitative estimate of drug-likeness (QED) is 0.221. The van der Waals surface area contributed by atoms with Gasteiger partial charge in [-0.1, -0.05) is 32.2 Å². The Morgan fingerprint density at radius 2 is 1.79 bits per heavy atom. The molecule has 0 heterocycles. The first-order chi connectivity index (χ1) is 13.9. The summed E-state index contributed by atoms with van der Waals surface area (Å²) in [6, 6.07) is 7.04. The van der Waals surface area contributed by atoms with E-state index in [1.165, 1.54) is 0 Å². The van der Waals surface area contributed by atoms with Gasteiger partial charge in [0.15, 0.2) is 5.78 Å². The number of hydrogen-bond donors (Lipinski definition) is 0. The summed E-state index contributed by atoms with van der Waals surface area (Å²) in [4.78, 5) is 25.5. The fourth-order valence-electron chi connectivity index (χ4n) is 3.29. The molecule has 0 aliphatic heterocycles. The Hall–Kier alpha value is -2.80. The molecule has 2 atom stereocenters. The number of allylic oxidation sites excluding steroid dienone is 4. The van der Waals surface area contributed by atoms with Gasteiger partial charge in [0.2, 0.25) is 0 Å². The van der Waals surface area contributed by atoms with E-state index >= 15 is 0 Å². The van der Waals surface area contributed by atoms with Crippen LogP contribution in [0.4, 0.5) is 0 Å². The molecule has 0 N–H and O–H groups in total. The third-order valence-corrected chi connectivity index (χ3v) is 5.08. The Morgan fingerprint density at radius 1 is 1.07 bits per heavy atom. The van der Waals surface area contributed by atoms with Gasteiger partial charge in [-0.3, -0.25) is 9.59 Å². The number of benzene rings is 1. The summed E-state index contributed by atoms with van der Waals surface area (Å²) in [6.45, 7) is 6.57. The Bertz CT molecular complexity index is 832. The Balaban J connectivity index is 2.09. The minimum Gasteiger partial charge on any atom is -0.497 e. The van der Waals surface area contributed by atoms with Crippen LogP contribution in [0, 0.1) is 17.8 Å². The number of ketones is 1. The van der Waals surface area contributed by atoms with Crippen LogP contribution in [0.25, 0.3) is 0 Å². The summed E-state index contributed by atoms with van der Waals surface area (Å²) in [6.07, 6.45) is 7.44. The number of ether oxygens (including phenoxy) is 2. The van der Waals surface area contributed by atoms with Crippen molar-refractivity contribution in [3.8, 4) is 5.75 Å². The van der Waals surface area contributed by atoms with Gasteiger partial charge in [0, 0.05) is 17.4 Å². The van der Waals surface area contributed by atoms with Gasteiger partial charge in [0.05, 0.1) is 20.1 Å². The molecule has 4 heteroatoms. The van der Waals surface area contributed by atoms with Gasteiger partial charge in [-0.25, -0.2) is 0 Å². The van der Waals surface area contributed by atoms with E-state index in [4.69, 9.17) is 9.47 Å². The van der Waals surface area contributed by atoms with Crippen molar-refractivity contribution in [1.82, 2.24) is 0 Å². The van der Waals surface area contributed by atoms with Gasteiger partial charge in [-0.05, 0) is 66.8 Å². The maximum atomic E-state index is 13.1. The second-order valence-corrected chi connectivity index (χ2v) is 7.71. The molecule has 0 bridgehead atoms. The first-order valence-corrected chi connectivity index (χ1v) is 10.1. The van der Waals surface area contributed by atoms with Crippen LogP contribution in [0.3, 0.4) is 0 Å². The molecule has 1 aromatic rings. The van der Waals surface area contributed by atoms with Gasteiger partial charge in [0.1, 0.15) is 5.75 Å². The van der Waals surface area contributed by atoms with Crippen LogP contribution in [0.15, 0.2) is 59.5 Å². The van der Waals surface area contributed by atoms with E-state index in [0.29, 0.717) is 23.8 Å². The van der Waals surface area contributed by atoms with Gasteiger partial charge < -0.3 is 9.47 Å². The van der Waals surface area contributed by atoms with E-state index in [1.54, 1.807) is 43.5 Å². The molecule has 29 heavy (non-hydrogen) atoms. The average Bonchev–Trinajstić information content (AvgIpc) is 2.74. The highest BCUT2D eigenvalue weighted by Crippen LogP contribution is 2.30. The zero-order valence-corrected chi connectivity index (χ0v) is 17.7. The lowest BCUT2D eigenvalue weighted by atomic mass is 9.79. The summed E-state index contributed by atoms with van der Waals surface area (Å²) in [7, 11) is 1.59. The Labute approximate surface area is 173 Å². The standard InChI is InChI=1S/C25H30O4/c1-18(2)9-8-16-29-24(26)17-23(20-10-6-5-7-11-20)19(3)25(27)21-12-14-22(28-4)15-13-21/h6,10-15,18-19,23H,8-9,16-17H2,1-4H3. The Morgan fingerprint density at radius 3 is 2.38 bits per heavy atom. The number of esters is 1. The van der Waals surface area contributed by atoms with Crippen LogP contribution in [0.2, 0.25) is 0 Å². The SMILES string of the molecule is COc1ccc(C(=O)C(C)C(CC(=O)OCCCC(C)C)C2=CC=C=C=C2)cc1. The zero-order valence-electron chi connectivity index (χ0n) is 17.7. The topological polar surface area (TPSA) is 52.6 Å². The fourth-order valence-corrected chi connectivity index (χ4v) is 3.29. The van der Waals surface area contributed by atoms with Crippen molar-refractivity contribution in [3.05, 3.63) is 65.1 Å². The van der Waals surface area contributed by atoms with Crippen molar-refractivity contribution in [2.45, 2.75) is 40.0 Å². The summed E-state index contributed by atoms with van der Waals surface area (Å²) < 4.78 is 10.6. The lowest BCUT2D eigenvalue weighted by Gasteiger charge is -2.24. The third-order valence-electron chi connectivity index (χ3n) is 5.08. The maximum Gasteiger partial charge on any atom is 0.306 e. The van der Waals surface area contributed by atoms with Crippen LogP contribution in [0.1, 0.15) is 50.4 Å². The zero-order chi connectivity index (χ0) is 21.2. The van der Waals surface area contributed by atoms with E-state index in [1.807, 2.05) is 13.0 Å². The summed E-state index contributed by atoms with van der Waals surface area (Å²) in [5, 5.41) is 0. The molecule has 4 nitrogen and oxygen atoms in total. The third kappa shape index (κ3) is 6.94. The van der Waals surface area contributed by atoms with Gasteiger partial charge >= 0.3 is 5.97 Å². The predicted octanol–water partition coefficient (Wildman–Crippen LogP) is 5.31. The van der Waals surface area contributed by atoms with E-state index in [9.17, 15) is 9.59 Å². The summed E-state index contributed by atoms with van der Waals surface area (Å²) in [5.41, 5.74) is 7.27. The molecule has 154 valence electrons. The fraction of sp³-hybridized carbons (Fsp3) is 0.440. The molecule has 2 unspecified atom stereocenters. The monoisotopic (exact) mass is 394 g/mol. The van der Waals surface area contributed by atoms with Crippen LogP contribution >= 0.6 is 0 Å². The number of carbonyl (C=O) groups excluding carboxylic acids is 2. The van der Waals surface area contributed by atoms with Crippen molar-refractivity contribution >= 4 is 11.8 Å². The van der Waals surface area contributed by atoms with Crippen molar-refractivity contribution in [1.29, 1.82) is 0 Å². The highest BCUT2D eigenvalue weighted by molar-refractivity contribution is 5.98. The molecule has 1 aliphatic carbocycles. The highest BCUT2D eigenvalue weighted by atomic mass is 16.5. The molecular formula is C25H30O4. The first kappa shape index (κ1) is 22.5. The molecule has 0 aromatic heterocycles. The van der Waals surface area contributed by atoms with Gasteiger partial charge in [-0.2, -0.15) is 0 Å². The summed E-state index contributed by atoms with van der Waals surface area (Å²) >= 11 is 0. The maximum absolute atomic E-state index is 13.1. The smallest absolute Gasteiger partial charge is 0.306 e. The first-order valence-electron chi connectivity index (χ1n) is 10.1. The molecule has 2 rings (SSSR count). The number of rotatable bonds is 11. The molecule has 0 saturated heterocycles. The molecule has 0 spiro atoms. The average molecular weight is 395 g/mol. The lowest BCUT2D eigenvalue weighted by molar-refractivity contribution is -0.144. The van der Waals surface area contributed by atoms with Crippen molar-refractivity contribution in [2.75, 3.05) is 13.7 Å². The molecule has 0 amide bonds. The summed E-state index contributed by atoms with van der Waals surface area (Å²) in [5.74, 6) is 0.318. The Kier molecular flexibility index (Phi) is 8.73. The molecule has 0 fully saturated rings. The molecule has 0 saturated carbocycles. The second-order valence-electron chi connectivity index (χ2n) is 7.71. The van der Waals surface area contributed by atoms with Crippen molar-refractivity contribution in [2.24, 2.45) is 17.8 Å². The molecular weight excluding hydrogens is 364 g/mol. The van der Waals surface area contributed by atoms with Crippen LogP contribution < -0.4 is 4.74 Å². The number of carbonyl (C=O) groups is 2. The van der Waals surface area contributed by atoms with E-state index < -0.39 is 0 Å². The van der Waals surface area contributed by atoms with Crippen molar-refractivity contribution < 1.29 is 19.1 Å². The van der Waals surface area contributed by atoms with E-state index in [-0.39, 0.29) is 30.0 Å². The number of Topliss-reactive ketones (excluding diaryl/α,β-unsaturated/α-hetero) is 1. The largest absolute Gasteiger partial charge is 0.497 e. The number of methoxy groups -OCH3 is 1. The van der Waals surface area contributed by atoms with Crippen LogP contribution in [-0.2, 0) is 9.53 Å². The second kappa shape index (κ2) is 11.3. The van der Waals surface area contributed by atoms with Gasteiger partial charge in [0.25, 0.3) is 0 Å². The highest BCUT2D eigenvalue weighted by Gasteiger charge is 2.30. The van der Waals surface area contributed by atoms with E-state index in [0.717, 1.165) is 18.4 Å². The molecule has 1 aliphatic rings. The molecule has 1 aromatic carbocycles. The minimum atomic E-state index is -0.387. The lowest BCUT2D eigenvalue weighted by Crippen LogP contribution is -2.26. The molecule has 0 radical (unpaired) electrons. The minimum absolute atomic E-state index is 0.0157. The van der Waals surface area contributed by atoms with E-state index in [2.05, 4.69) is 25.3 Å². The van der Waals surface area contributed by atoms with Crippen LogP contribution in [-0.4, -0.2) is 25.5 Å². The van der Waals surface area contributed by atoms with Crippen LogP contribution in [0.5, 0.6) is 5.75 Å². The predicted molar refractivity (Wildman–Crippen MR) is 114 cm³/mol. The normalized spacial score (nSPS) is 14.4. The van der Waals surface area contributed by atoms with Gasteiger partial charge in [-0.15, -0.1) is 0 Å².